The van der Waals surface area contributed by atoms with E-state index in [2.05, 4.69) is 23.9 Å². The first-order valence-corrected chi connectivity index (χ1v) is 6.08. The summed E-state index contributed by atoms with van der Waals surface area (Å²) in [5.74, 6) is 0.684. The molecule has 0 unspecified atom stereocenters. The molecular formula is C14H16FN3. The lowest BCUT2D eigenvalue weighted by atomic mass is 9.86. The Hall–Kier alpha value is -1.71. The van der Waals surface area contributed by atoms with E-state index in [1.54, 1.807) is 10.7 Å². The first kappa shape index (κ1) is 11.4. The fourth-order valence-electron chi connectivity index (χ4n) is 3.07. The topological polar surface area (TPSA) is 30.7 Å². The Kier molecular flexibility index (Phi) is 2.15. The van der Waals surface area contributed by atoms with Crippen LogP contribution in [0.2, 0.25) is 0 Å². The minimum absolute atomic E-state index is 0.00991. The van der Waals surface area contributed by atoms with Gasteiger partial charge in [-0.05, 0) is 17.9 Å². The second-order valence-electron chi connectivity index (χ2n) is 5.65. The Bertz CT molecular complexity index is 603. The predicted molar refractivity (Wildman–Crippen MR) is 66.6 cm³/mol. The minimum atomic E-state index is -0.344. The Morgan fingerprint density at radius 3 is 2.44 bits per heavy atom. The molecule has 0 aliphatic heterocycles. The van der Waals surface area contributed by atoms with E-state index in [0.29, 0.717) is 0 Å². The Labute approximate surface area is 106 Å². The maximum Gasteiger partial charge on any atom is 0.138 e. The van der Waals surface area contributed by atoms with Crippen LogP contribution in [0.3, 0.4) is 0 Å². The largest absolute Gasteiger partial charge is 0.252 e. The number of hydrogen-bond donors (Lipinski definition) is 0. The van der Waals surface area contributed by atoms with Gasteiger partial charge in [0.1, 0.15) is 18.0 Å². The molecule has 1 aromatic carbocycles. The summed E-state index contributed by atoms with van der Waals surface area (Å²) in [6, 6.07) is 6.98. The Balaban J connectivity index is 2.23. The molecule has 0 spiro atoms. The van der Waals surface area contributed by atoms with Crippen molar-refractivity contribution in [1.29, 1.82) is 0 Å². The Morgan fingerprint density at radius 1 is 1.28 bits per heavy atom. The molecule has 0 bridgehead atoms. The summed E-state index contributed by atoms with van der Waals surface area (Å²) in [6.45, 7) is 4.29. The molecular weight excluding hydrogens is 229 g/mol. The molecule has 0 amide bonds. The van der Waals surface area contributed by atoms with Crippen molar-refractivity contribution in [3.8, 4) is 0 Å². The van der Waals surface area contributed by atoms with Gasteiger partial charge in [-0.2, -0.15) is 5.10 Å². The first-order chi connectivity index (χ1) is 8.49. The van der Waals surface area contributed by atoms with Gasteiger partial charge in [-0.3, -0.25) is 4.68 Å². The number of halogens is 1. The fraction of sp³-hybridized carbons (Fsp3) is 0.429. The number of benzene rings is 1. The summed E-state index contributed by atoms with van der Waals surface area (Å²) in [5, 5.41) is 4.13. The summed E-state index contributed by atoms with van der Waals surface area (Å²) in [6.07, 6.45) is 2.43. The van der Waals surface area contributed by atoms with Crippen molar-refractivity contribution in [3.05, 3.63) is 47.8 Å². The van der Waals surface area contributed by atoms with Crippen molar-refractivity contribution in [2.75, 3.05) is 0 Å². The van der Waals surface area contributed by atoms with E-state index in [1.165, 1.54) is 12.4 Å². The van der Waals surface area contributed by atoms with Gasteiger partial charge in [-0.1, -0.05) is 32.0 Å². The molecule has 1 aliphatic carbocycles. The van der Waals surface area contributed by atoms with Crippen molar-refractivity contribution in [2.24, 2.45) is 12.5 Å². The molecule has 0 radical (unpaired) electrons. The second kappa shape index (κ2) is 3.40. The number of aryl methyl sites for hydroxylation is 1. The summed E-state index contributed by atoms with van der Waals surface area (Å²) in [5.41, 5.74) is 0.394. The van der Waals surface area contributed by atoms with Crippen LogP contribution in [0, 0.1) is 11.2 Å². The van der Waals surface area contributed by atoms with E-state index in [-0.39, 0.29) is 16.6 Å². The molecule has 4 heteroatoms. The highest BCUT2D eigenvalue weighted by molar-refractivity contribution is 5.45. The van der Waals surface area contributed by atoms with E-state index >= 15 is 0 Å². The van der Waals surface area contributed by atoms with Crippen LogP contribution in [0.1, 0.15) is 31.7 Å². The predicted octanol–water partition coefficient (Wildman–Crippen LogP) is 2.67. The summed E-state index contributed by atoms with van der Waals surface area (Å²) in [4.78, 5) is 4.35. The van der Waals surface area contributed by atoms with Crippen LogP contribution in [0.25, 0.3) is 0 Å². The molecule has 1 heterocycles. The monoisotopic (exact) mass is 245 g/mol. The third-order valence-corrected chi connectivity index (χ3v) is 4.16. The molecule has 1 fully saturated rings. The third kappa shape index (κ3) is 1.29. The van der Waals surface area contributed by atoms with Gasteiger partial charge in [-0.25, -0.2) is 9.37 Å². The maximum absolute atomic E-state index is 14.1. The normalized spacial score (nSPS) is 25.1. The Morgan fingerprint density at radius 2 is 1.94 bits per heavy atom. The zero-order valence-corrected chi connectivity index (χ0v) is 10.8. The van der Waals surface area contributed by atoms with Crippen LogP contribution < -0.4 is 0 Å². The second-order valence-corrected chi connectivity index (χ2v) is 5.65. The van der Waals surface area contributed by atoms with Gasteiger partial charge in [0, 0.05) is 12.6 Å². The molecule has 1 atom stereocenters. The lowest BCUT2D eigenvalue weighted by molar-refractivity contribution is 0.486. The van der Waals surface area contributed by atoms with Crippen LogP contribution in [0.4, 0.5) is 4.39 Å². The number of aromatic nitrogens is 3. The maximum atomic E-state index is 14.1. The summed E-state index contributed by atoms with van der Waals surface area (Å²) >= 11 is 0. The van der Waals surface area contributed by atoms with E-state index in [9.17, 15) is 4.39 Å². The SMILES string of the molecule is Cn1ncnc1[C@@]1(c2ccccc2F)CC1(C)C. The molecule has 1 aliphatic rings. The molecule has 1 aromatic heterocycles. The van der Waals surface area contributed by atoms with Gasteiger partial charge in [0.25, 0.3) is 0 Å². The van der Waals surface area contributed by atoms with Gasteiger partial charge in [0.2, 0.25) is 0 Å². The fourth-order valence-corrected chi connectivity index (χ4v) is 3.07. The summed E-state index contributed by atoms with van der Waals surface area (Å²) < 4.78 is 15.9. The van der Waals surface area contributed by atoms with Crippen molar-refractivity contribution in [1.82, 2.24) is 14.8 Å². The molecule has 94 valence electrons. The zero-order chi connectivity index (χ0) is 13.0. The zero-order valence-electron chi connectivity index (χ0n) is 10.8. The molecule has 0 saturated heterocycles. The van der Waals surface area contributed by atoms with Crippen molar-refractivity contribution in [3.63, 3.8) is 0 Å². The van der Waals surface area contributed by atoms with E-state index < -0.39 is 0 Å². The molecule has 3 nitrogen and oxygen atoms in total. The minimum Gasteiger partial charge on any atom is -0.252 e. The highest BCUT2D eigenvalue weighted by Gasteiger charge is 2.66. The molecule has 18 heavy (non-hydrogen) atoms. The highest BCUT2D eigenvalue weighted by Crippen LogP contribution is 2.67. The van der Waals surface area contributed by atoms with E-state index in [4.69, 9.17) is 0 Å². The number of rotatable bonds is 2. The average Bonchev–Trinajstić information content (AvgIpc) is 2.68. The van der Waals surface area contributed by atoms with Gasteiger partial charge in [0.05, 0.1) is 5.41 Å². The number of nitrogens with zero attached hydrogens (tertiary/aromatic N) is 3. The van der Waals surface area contributed by atoms with Crippen LogP contribution in [0.5, 0.6) is 0 Å². The van der Waals surface area contributed by atoms with E-state index in [0.717, 1.165) is 17.8 Å². The first-order valence-electron chi connectivity index (χ1n) is 6.08. The van der Waals surface area contributed by atoms with E-state index in [1.807, 2.05) is 19.2 Å². The molecule has 2 aromatic rings. The van der Waals surface area contributed by atoms with Gasteiger partial charge < -0.3 is 0 Å². The molecule has 1 saturated carbocycles. The lowest BCUT2D eigenvalue weighted by Crippen LogP contribution is -2.22. The van der Waals surface area contributed by atoms with Crippen LogP contribution in [-0.4, -0.2) is 14.8 Å². The summed E-state index contributed by atoms with van der Waals surface area (Å²) in [7, 11) is 1.86. The third-order valence-electron chi connectivity index (χ3n) is 4.16. The van der Waals surface area contributed by atoms with Crippen molar-refractivity contribution >= 4 is 0 Å². The quantitative estimate of drug-likeness (QED) is 0.814. The highest BCUT2D eigenvalue weighted by atomic mass is 19.1. The lowest BCUT2D eigenvalue weighted by Gasteiger charge is -2.20. The molecule has 0 N–H and O–H groups in total. The van der Waals surface area contributed by atoms with Gasteiger partial charge in [0.15, 0.2) is 0 Å². The van der Waals surface area contributed by atoms with Crippen molar-refractivity contribution < 1.29 is 4.39 Å². The molecule has 3 rings (SSSR count). The van der Waals surface area contributed by atoms with Crippen LogP contribution in [-0.2, 0) is 12.5 Å². The van der Waals surface area contributed by atoms with Gasteiger partial charge in [-0.15, -0.1) is 0 Å². The standard InChI is InChI=1S/C14H16FN3/c1-13(2)8-14(13,12-16-9-17-18(12)3)10-6-4-5-7-11(10)15/h4-7,9H,8H2,1-3H3/t14-/m0/s1. The van der Waals surface area contributed by atoms with Crippen LogP contribution >= 0.6 is 0 Å². The average molecular weight is 245 g/mol. The smallest absolute Gasteiger partial charge is 0.138 e. The van der Waals surface area contributed by atoms with Crippen molar-refractivity contribution in [2.45, 2.75) is 25.7 Å². The van der Waals surface area contributed by atoms with Gasteiger partial charge >= 0.3 is 0 Å². The van der Waals surface area contributed by atoms with Crippen LogP contribution in [0.15, 0.2) is 30.6 Å². The number of hydrogen-bond acceptors (Lipinski definition) is 2.